The van der Waals surface area contributed by atoms with Crippen molar-refractivity contribution in [3.63, 3.8) is 0 Å². The van der Waals surface area contributed by atoms with Crippen molar-refractivity contribution in [2.45, 2.75) is 13.0 Å². The Kier molecular flexibility index (Phi) is 3.93. The van der Waals surface area contributed by atoms with Crippen molar-refractivity contribution in [3.05, 3.63) is 24.0 Å². The second kappa shape index (κ2) is 5.20. The molecule has 5 nitrogen and oxygen atoms in total. The van der Waals surface area contributed by atoms with E-state index in [4.69, 9.17) is 16.2 Å². The van der Waals surface area contributed by atoms with E-state index in [-0.39, 0.29) is 12.3 Å². The number of nitrogens with two attached hydrogens (primary N) is 2. The highest BCUT2D eigenvalue weighted by molar-refractivity contribution is 5.64. The van der Waals surface area contributed by atoms with Crippen LogP contribution in [0.1, 0.15) is 6.92 Å². The molecule has 1 rings (SSSR count). The van der Waals surface area contributed by atoms with Crippen molar-refractivity contribution in [2.75, 3.05) is 12.3 Å². The van der Waals surface area contributed by atoms with Crippen LogP contribution in [0.25, 0.3) is 0 Å². The number of amides is 1. The minimum absolute atomic E-state index is 0.0498. The van der Waals surface area contributed by atoms with Crippen LogP contribution in [0.15, 0.2) is 18.2 Å². The maximum atomic E-state index is 13.0. The molecule has 6 heteroatoms. The summed E-state index contributed by atoms with van der Waals surface area (Å²) in [7, 11) is 0. The summed E-state index contributed by atoms with van der Waals surface area (Å²) >= 11 is 0. The van der Waals surface area contributed by atoms with Crippen LogP contribution < -0.4 is 16.2 Å². The van der Waals surface area contributed by atoms with Crippen molar-refractivity contribution >= 4 is 11.8 Å². The Hall–Kier alpha value is -1.98. The minimum Gasteiger partial charge on any atom is -0.490 e. The van der Waals surface area contributed by atoms with Gasteiger partial charge < -0.3 is 20.9 Å². The number of primary amides is 1. The second-order valence-electron chi connectivity index (χ2n) is 3.24. The third-order valence-corrected chi connectivity index (χ3v) is 1.77. The molecule has 0 aliphatic heterocycles. The van der Waals surface area contributed by atoms with Gasteiger partial charge in [-0.05, 0) is 19.1 Å². The van der Waals surface area contributed by atoms with Gasteiger partial charge in [0.15, 0.2) is 0 Å². The first-order valence-corrected chi connectivity index (χ1v) is 4.63. The maximum absolute atomic E-state index is 13.0. The first-order valence-electron chi connectivity index (χ1n) is 4.63. The van der Waals surface area contributed by atoms with Crippen LogP contribution in [0.5, 0.6) is 5.75 Å². The van der Waals surface area contributed by atoms with Crippen molar-refractivity contribution in [3.8, 4) is 5.75 Å². The van der Waals surface area contributed by atoms with E-state index in [0.717, 1.165) is 6.07 Å². The quantitative estimate of drug-likeness (QED) is 0.759. The monoisotopic (exact) mass is 228 g/mol. The Bertz CT molecular complexity index is 384. The Morgan fingerprint density at radius 3 is 2.81 bits per heavy atom. The summed E-state index contributed by atoms with van der Waals surface area (Å²) in [5.74, 6) is -0.243. The molecule has 0 bridgehead atoms. The molecule has 16 heavy (non-hydrogen) atoms. The largest absolute Gasteiger partial charge is 0.490 e. The van der Waals surface area contributed by atoms with Crippen LogP contribution in [-0.2, 0) is 4.74 Å². The summed E-state index contributed by atoms with van der Waals surface area (Å²) in [6.07, 6.45) is -1.38. The number of anilines is 1. The molecule has 4 N–H and O–H groups in total. The number of carbonyl (C=O) groups is 1. The smallest absolute Gasteiger partial charge is 0.404 e. The third kappa shape index (κ3) is 3.64. The fraction of sp³-hybridized carbons (Fsp3) is 0.300. The zero-order chi connectivity index (χ0) is 12.1. The standard InChI is InChI=1S/C10H13FN2O3/c1-6(16-10(13)14)5-15-7-2-3-9(12)8(11)4-7/h2-4,6H,5,12H2,1H3,(H2,13,14). The summed E-state index contributed by atoms with van der Waals surface area (Å²) in [5.41, 5.74) is 10.2. The van der Waals surface area contributed by atoms with E-state index in [2.05, 4.69) is 4.74 Å². The Balaban J connectivity index is 2.48. The molecule has 1 aromatic carbocycles. The average Bonchev–Trinajstić information content (AvgIpc) is 2.19. The number of hydrogen-bond acceptors (Lipinski definition) is 4. The summed E-state index contributed by atoms with van der Waals surface area (Å²) in [6, 6.07) is 4.08. The van der Waals surface area contributed by atoms with Gasteiger partial charge in [0.1, 0.15) is 24.3 Å². The molecule has 0 aliphatic carbocycles. The molecule has 1 atom stereocenters. The van der Waals surface area contributed by atoms with Gasteiger partial charge >= 0.3 is 6.09 Å². The van der Waals surface area contributed by atoms with Crippen molar-refractivity contribution in [2.24, 2.45) is 5.73 Å². The fourth-order valence-electron chi connectivity index (χ4n) is 1.04. The van der Waals surface area contributed by atoms with E-state index >= 15 is 0 Å². The highest BCUT2D eigenvalue weighted by Crippen LogP contribution is 2.18. The van der Waals surface area contributed by atoms with Gasteiger partial charge in [0.2, 0.25) is 0 Å². The molecular formula is C10H13FN2O3. The average molecular weight is 228 g/mol. The highest BCUT2D eigenvalue weighted by atomic mass is 19.1. The lowest BCUT2D eigenvalue weighted by Gasteiger charge is -2.12. The van der Waals surface area contributed by atoms with Gasteiger partial charge in [-0.25, -0.2) is 9.18 Å². The van der Waals surface area contributed by atoms with Crippen LogP contribution in [0.3, 0.4) is 0 Å². The number of nitrogen functional groups attached to an aromatic ring is 1. The zero-order valence-electron chi connectivity index (χ0n) is 8.77. The molecule has 1 amide bonds. The SMILES string of the molecule is CC(COc1ccc(N)c(F)c1)OC(N)=O. The second-order valence-corrected chi connectivity index (χ2v) is 3.24. The Morgan fingerprint density at radius 1 is 1.56 bits per heavy atom. The van der Waals surface area contributed by atoms with Crippen LogP contribution in [0, 0.1) is 5.82 Å². The Labute approximate surface area is 92.1 Å². The molecule has 0 radical (unpaired) electrons. The first-order chi connectivity index (χ1) is 7.49. The first kappa shape index (κ1) is 12.1. The molecule has 0 spiro atoms. The normalized spacial score (nSPS) is 11.9. The number of benzene rings is 1. The number of ether oxygens (including phenoxy) is 2. The van der Waals surface area contributed by atoms with Crippen molar-refractivity contribution in [1.29, 1.82) is 0 Å². The molecule has 0 fully saturated rings. The molecule has 1 aromatic rings. The Morgan fingerprint density at radius 2 is 2.25 bits per heavy atom. The van der Waals surface area contributed by atoms with Gasteiger partial charge in [-0.1, -0.05) is 0 Å². The summed E-state index contributed by atoms with van der Waals surface area (Å²) in [6.45, 7) is 1.70. The predicted octanol–water partition coefficient (Wildman–Crippen LogP) is 1.27. The molecule has 88 valence electrons. The topological polar surface area (TPSA) is 87.6 Å². The number of carbonyl (C=O) groups excluding carboxylic acids is 1. The van der Waals surface area contributed by atoms with Crippen LogP contribution in [0.4, 0.5) is 14.9 Å². The number of rotatable bonds is 4. The van der Waals surface area contributed by atoms with Gasteiger partial charge in [0.25, 0.3) is 0 Å². The number of halogens is 1. The summed E-state index contributed by atoms with van der Waals surface area (Å²) in [5, 5.41) is 0. The van der Waals surface area contributed by atoms with Gasteiger partial charge in [-0.15, -0.1) is 0 Å². The van der Waals surface area contributed by atoms with E-state index in [0.29, 0.717) is 5.75 Å². The van der Waals surface area contributed by atoms with Gasteiger partial charge in [-0.3, -0.25) is 0 Å². The lowest BCUT2D eigenvalue weighted by atomic mass is 10.3. The van der Waals surface area contributed by atoms with Gasteiger partial charge in [0.05, 0.1) is 5.69 Å². The maximum Gasteiger partial charge on any atom is 0.404 e. The lowest BCUT2D eigenvalue weighted by molar-refractivity contribution is 0.0822. The van der Waals surface area contributed by atoms with E-state index < -0.39 is 18.0 Å². The molecule has 0 aromatic heterocycles. The van der Waals surface area contributed by atoms with Crippen LogP contribution in [0.2, 0.25) is 0 Å². The lowest BCUT2D eigenvalue weighted by Crippen LogP contribution is -2.25. The van der Waals surface area contributed by atoms with Crippen LogP contribution >= 0.6 is 0 Å². The number of hydrogen-bond donors (Lipinski definition) is 2. The van der Waals surface area contributed by atoms with E-state index in [1.54, 1.807) is 6.92 Å². The third-order valence-electron chi connectivity index (χ3n) is 1.77. The predicted molar refractivity (Wildman–Crippen MR) is 56.4 cm³/mol. The summed E-state index contributed by atoms with van der Waals surface area (Å²) in [4.78, 5) is 10.4. The molecule has 0 saturated heterocycles. The molecule has 0 heterocycles. The molecule has 0 saturated carbocycles. The van der Waals surface area contributed by atoms with Crippen LogP contribution in [-0.4, -0.2) is 18.8 Å². The van der Waals surface area contributed by atoms with Crippen molar-refractivity contribution in [1.82, 2.24) is 0 Å². The van der Waals surface area contributed by atoms with E-state index in [1.807, 2.05) is 0 Å². The zero-order valence-corrected chi connectivity index (χ0v) is 8.77. The molecule has 1 unspecified atom stereocenters. The highest BCUT2D eigenvalue weighted by Gasteiger charge is 2.07. The van der Waals surface area contributed by atoms with E-state index in [9.17, 15) is 9.18 Å². The minimum atomic E-state index is -0.875. The molecule has 0 aliphatic rings. The van der Waals surface area contributed by atoms with Crippen molar-refractivity contribution < 1.29 is 18.7 Å². The van der Waals surface area contributed by atoms with Gasteiger partial charge in [0, 0.05) is 6.07 Å². The van der Waals surface area contributed by atoms with E-state index in [1.165, 1.54) is 12.1 Å². The fourth-order valence-corrected chi connectivity index (χ4v) is 1.04. The van der Waals surface area contributed by atoms with Gasteiger partial charge in [-0.2, -0.15) is 0 Å². The molecular weight excluding hydrogens is 215 g/mol. The summed E-state index contributed by atoms with van der Waals surface area (Å²) < 4.78 is 22.8.